The van der Waals surface area contributed by atoms with Crippen molar-refractivity contribution in [1.29, 1.82) is 0 Å². The van der Waals surface area contributed by atoms with Gasteiger partial charge in [-0.1, -0.05) is 6.92 Å². The summed E-state index contributed by atoms with van der Waals surface area (Å²) in [4.78, 5) is 10.8. The summed E-state index contributed by atoms with van der Waals surface area (Å²) < 4.78 is 31.8. The number of carboxylic acid groups (broad SMARTS) is 1. The van der Waals surface area contributed by atoms with Crippen LogP contribution in [0, 0.1) is 0 Å². The Morgan fingerprint density at radius 1 is 1.50 bits per heavy atom. The van der Waals surface area contributed by atoms with Gasteiger partial charge in [-0.15, -0.1) is 0 Å². The highest BCUT2D eigenvalue weighted by Gasteiger charge is 2.21. The molecule has 1 rings (SSSR count). The maximum atomic E-state index is 12.2. The molecule has 112 valence electrons. The Bertz CT molecular complexity index is 586. The molecule has 0 aliphatic carbocycles. The number of nitrogens with one attached hydrogen (secondary N) is 1. The highest BCUT2D eigenvalue weighted by atomic mass is 32.2. The second-order valence-corrected chi connectivity index (χ2v) is 7.08. The molecule has 0 amide bonds. The van der Waals surface area contributed by atoms with Crippen LogP contribution in [0.15, 0.2) is 23.1 Å². The Labute approximate surface area is 122 Å². The van der Waals surface area contributed by atoms with Gasteiger partial charge >= 0.3 is 5.97 Å². The van der Waals surface area contributed by atoms with E-state index in [9.17, 15) is 13.2 Å². The lowest BCUT2D eigenvalue weighted by atomic mass is 10.2. The Morgan fingerprint density at radius 2 is 2.15 bits per heavy atom. The monoisotopic (exact) mass is 319 g/mol. The lowest BCUT2D eigenvalue weighted by Crippen LogP contribution is -2.29. The van der Waals surface area contributed by atoms with Crippen LogP contribution in [0.3, 0.4) is 0 Å². The van der Waals surface area contributed by atoms with Gasteiger partial charge in [0.05, 0.1) is 12.7 Å². The highest BCUT2D eigenvalue weighted by molar-refractivity contribution is 7.99. The molecule has 0 aliphatic heterocycles. The summed E-state index contributed by atoms with van der Waals surface area (Å²) in [5.41, 5.74) is -0.0294. The molecule has 0 fully saturated rings. The van der Waals surface area contributed by atoms with Crippen LogP contribution in [0.4, 0.5) is 0 Å². The number of sulfonamides is 1. The molecule has 0 spiro atoms. The van der Waals surface area contributed by atoms with Crippen molar-refractivity contribution in [3.05, 3.63) is 23.8 Å². The van der Waals surface area contributed by atoms with E-state index in [1.165, 1.54) is 25.3 Å². The van der Waals surface area contributed by atoms with Crippen LogP contribution in [-0.2, 0) is 10.0 Å². The molecule has 1 aromatic rings. The molecule has 20 heavy (non-hydrogen) atoms. The Kier molecular flexibility index (Phi) is 5.85. The van der Waals surface area contributed by atoms with Crippen LogP contribution in [0.2, 0.25) is 0 Å². The third-order valence-electron chi connectivity index (χ3n) is 2.66. The number of carboxylic acids is 1. The van der Waals surface area contributed by atoms with Gasteiger partial charge in [0.25, 0.3) is 0 Å². The van der Waals surface area contributed by atoms with E-state index in [1.54, 1.807) is 11.8 Å². The van der Waals surface area contributed by atoms with Gasteiger partial charge in [-0.05, 0) is 24.5 Å². The first-order chi connectivity index (χ1) is 9.31. The van der Waals surface area contributed by atoms with Crippen molar-refractivity contribution < 1.29 is 23.1 Å². The van der Waals surface area contributed by atoms with Crippen molar-refractivity contribution in [3.63, 3.8) is 0 Å². The zero-order chi connectivity index (χ0) is 15.3. The maximum absolute atomic E-state index is 12.2. The highest BCUT2D eigenvalue weighted by Crippen LogP contribution is 2.25. The van der Waals surface area contributed by atoms with Crippen molar-refractivity contribution in [2.75, 3.05) is 19.9 Å². The number of carbonyl (C=O) groups is 1. The molecule has 8 heteroatoms. The zero-order valence-electron chi connectivity index (χ0n) is 11.4. The predicted molar refractivity (Wildman–Crippen MR) is 78.1 cm³/mol. The van der Waals surface area contributed by atoms with E-state index in [1.807, 2.05) is 13.2 Å². The first-order valence-corrected chi connectivity index (χ1v) is 8.52. The van der Waals surface area contributed by atoms with Crippen LogP contribution >= 0.6 is 11.8 Å². The van der Waals surface area contributed by atoms with E-state index in [4.69, 9.17) is 9.84 Å². The molecule has 1 unspecified atom stereocenters. The van der Waals surface area contributed by atoms with E-state index >= 15 is 0 Å². The average molecular weight is 319 g/mol. The quantitative estimate of drug-likeness (QED) is 0.789. The van der Waals surface area contributed by atoms with Crippen LogP contribution in [0.5, 0.6) is 5.75 Å². The molecule has 1 aromatic carbocycles. The summed E-state index contributed by atoms with van der Waals surface area (Å²) >= 11 is 1.54. The number of benzene rings is 1. The number of thioether (sulfide) groups is 1. The van der Waals surface area contributed by atoms with Gasteiger partial charge in [-0.2, -0.15) is 11.8 Å². The largest absolute Gasteiger partial charge is 0.495 e. The topological polar surface area (TPSA) is 92.7 Å². The number of aromatic carboxylic acids is 1. The third-order valence-corrected chi connectivity index (χ3v) is 5.10. The van der Waals surface area contributed by atoms with Gasteiger partial charge in [0.1, 0.15) is 10.6 Å². The first-order valence-electron chi connectivity index (χ1n) is 5.75. The lowest BCUT2D eigenvalue weighted by molar-refractivity contribution is 0.0696. The molecule has 6 nitrogen and oxygen atoms in total. The number of methoxy groups -OCH3 is 1. The molecule has 1 atom stereocenters. The third kappa shape index (κ3) is 4.12. The van der Waals surface area contributed by atoms with Crippen LogP contribution < -0.4 is 9.46 Å². The normalized spacial score (nSPS) is 12.9. The maximum Gasteiger partial charge on any atom is 0.335 e. The number of rotatable bonds is 7. The minimum absolute atomic E-state index is 0.00852. The van der Waals surface area contributed by atoms with Gasteiger partial charge in [-0.3, -0.25) is 0 Å². The molecule has 0 saturated heterocycles. The zero-order valence-corrected chi connectivity index (χ0v) is 13.0. The number of hydrogen-bond donors (Lipinski definition) is 2. The second-order valence-electron chi connectivity index (χ2n) is 4.07. The number of ether oxygens (including phenoxy) is 1. The van der Waals surface area contributed by atoms with Gasteiger partial charge in [0.2, 0.25) is 10.0 Å². The molecule has 0 heterocycles. The van der Waals surface area contributed by atoms with E-state index in [2.05, 4.69) is 4.72 Å². The SMILES string of the molecule is COc1cc(C(=O)O)ccc1S(=O)(=O)NCC(C)SC. The van der Waals surface area contributed by atoms with Crippen molar-refractivity contribution in [1.82, 2.24) is 4.72 Å². The predicted octanol–water partition coefficient (Wildman–Crippen LogP) is 1.42. The Balaban J connectivity index is 3.08. The van der Waals surface area contributed by atoms with Gasteiger partial charge in [0, 0.05) is 11.8 Å². The lowest BCUT2D eigenvalue weighted by Gasteiger charge is -2.13. The van der Waals surface area contributed by atoms with Crippen LogP contribution in [0.1, 0.15) is 17.3 Å². The van der Waals surface area contributed by atoms with Crippen molar-refractivity contribution in [3.8, 4) is 5.75 Å². The molecular weight excluding hydrogens is 302 g/mol. The Morgan fingerprint density at radius 3 is 2.65 bits per heavy atom. The summed E-state index contributed by atoms with van der Waals surface area (Å²) in [5, 5.41) is 9.02. The fraction of sp³-hybridized carbons (Fsp3) is 0.417. The van der Waals surface area contributed by atoms with Crippen LogP contribution in [0.25, 0.3) is 0 Å². The van der Waals surface area contributed by atoms with Gasteiger partial charge in [-0.25, -0.2) is 17.9 Å². The van der Waals surface area contributed by atoms with Gasteiger partial charge in [0.15, 0.2) is 0 Å². The standard InChI is InChI=1S/C12H17NO5S2/c1-8(19-3)7-13-20(16,17)11-5-4-9(12(14)15)6-10(11)18-2/h4-6,8,13H,7H2,1-3H3,(H,14,15). The smallest absolute Gasteiger partial charge is 0.335 e. The fourth-order valence-corrected chi connectivity index (χ4v) is 3.05. The van der Waals surface area contributed by atoms with Crippen molar-refractivity contribution in [2.45, 2.75) is 17.1 Å². The fourth-order valence-electron chi connectivity index (χ4n) is 1.41. The minimum atomic E-state index is -3.73. The van der Waals surface area contributed by atoms with Crippen molar-refractivity contribution in [2.24, 2.45) is 0 Å². The summed E-state index contributed by atoms with van der Waals surface area (Å²) in [6, 6.07) is 3.65. The summed E-state index contributed by atoms with van der Waals surface area (Å²) in [5.74, 6) is -1.13. The summed E-state index contributed by atoms with van der Waals surface area (Å²) in [7, 11) is -2.44. The molecule has 0 radical (unpaired) electrons. The van der Waals surface area contributed by atoms with E-state index in [0.29, 0.717) is 0 Å². The molecule has 2 N–H and O–H groups in total. The minimum Gasteiger partial charge on any atom is -0.495 e. The van der Waals surface area contributed by atoms with Crippen molar-refractivity contribution >= 4 is 27.8 Å². The molecule has 0 aliphatic rings. The molecule has 0 bridgehead atoms. The van der Waals surface area contributed by atoms with E-state index in [-0.39, 0.29) is 28.0 Å². The van der Waals surface area contributed by atoms with E-state index < -0.39 is 16.0 Å². The Hall–Kier alpha value is -1.25. The van der Waals surface area contributed by atoms with Gasteiger partial charge < -0.3 is 9.84 Å². The molecular formula is C12H17NO5S2. The summed E-state index contributed by atoms with van der Waals surface area (Å²) in [6.07, 6.45) is 1.89. The second kappa shape index (κ2) is 6.96. The molecule has 0 saturated carbocycles. The van der Waals surface area contributed by atoms with E-state index in [0.717, 1.165) is 0 Å². The summed E-state index contributed by atoms with van der Waals surface area (Å²) in [6.45, 7) is 2.19. The first kappa shape index (κ1) is 16.8. The number of hydrogen-bond acceptors (Lipinski definition) is 5. The molecule has 0 aromatic heterocycles. The van der Waals surface area contributed by atoms with Crippen LogP contribution in [-0.4, -0.2) is 44.7 Å². The average Bonchev–Trinajstić information content (AvgIpc) is 2.43.